The van der Waals surface area contributed by atoms with Crippen molar-refractivity contribution in [3.63, 3.8) is 0 Å². The van der Waals surface area contributed by atoms with Gasteiger partial charge in [-0.05, 0) is 119 Å². The van der Waals surface area contributed by atoms with Gasteiger partial charge in [-0.15, -0.1) is 0 Å². The number of ether oxygens (including phenoxy) is 10. The van der Waals surface area contributed by atoms with Crippen molar-refractivity contribution in [2.24, 2.45) is 40.4 Å². The highest BCUT2D eigenvalue weighted by Gasteiger charge is 2.65. The minimum atomic E-state index is -1.74. The van der Waals surface area contributed by atoms with E-state index in [-0.39, 0.29) is 41.5 Å². The van der Waals surface area contributed by atoms with Crippen LogP contribution < -0.4 is 0 Å². The first-order valence-electron chi connectivity index (χ1n) is 27.5. The second-order valence-corrected chi connectivity index (χ2v) is 23.8. The average Bonchev–Trinajstić information content (AvgIpc) is 3.93. The Morgan fingerprint density at radius 3 is 1.89 bits per heavy atom. The van der Waals surface area contributed by atoms with E-state index in [2.05, 4.69) is 26.8 Å². The van der Waals surface area contributed by atoms with E-state index in [1.165, 1.54) is 25.0 Å². The summed E-state index contributed by atoms with van der Waals surface area (Å²) in [7, 11) is 0. The zero-order valence-corrected chi connectivity index (χ0v) is 44.2. The van der Waals surface area contributed by atoms with Crippen LogP contribution in [0.3, 0.4) is 0 Å². The Labute approximate surface area is 438 Å². The first-order valence-corrected chi connectivity index (χ1v) is 27.5. The van der Waals surface area contributed by atoms with Gasteiger partial charge in [0.2, 0.25) is 0 Å². The van der Waals surface area contributed by atoms with Crippen molar-refractivity contribution in [2.45, 2.75) is 241 Å². The Morgan fingerprint density at radius 2 is 1.27 bits per heavy atom. The molecule has 5 aliphatic heterocycles. The molecule has 5 heterocycles. The van der Waals surface area contributed by atoms with Crippen molar-refractivity contribution >= 4 is 0 Å². The van der Waals surface area contributed by atoms with Crippen LogP contribution in [-0.2, 0) is 47.4 Å². The van der Waals surface area contributed by atoms with Crippen LogP contribution in [0.4, 0.5) is 0 Å². The molecule has 30 atom stereocenters. The number of allylic oxidation sites excluding steroid dienone is 1. The lowest BCUT2D eigenvalue weighted by Gasteiger charge is -2.58. The summed E-state index contributed by atoms with van der Waals surface area (Å²) >= 11 is 0. The lowest BCUT2D eigenvalue weighted by atomic mass is 9.47. The SMILES string of the molecule is CCO[C@H](C[C@@H](C)CO[C@@H]1O[C@H](CO)[C@@H](O)[C@H](O)[C@H]1O)C1=C(C)C2C(CC3C4CC=C5C[C@@H](O[C@@H]6O[C@H](CO)[C@@H](O[C@@H]7O[C@@H](C)[C@H](O)[C@@H](O)[C@H]7O)[C@H](O)[C@H]6O[C@@H]6O[C@@H](C)[C@H](O)[C@@H](O)[C@H]6O)CC[C@]5(C)C4CC[C@@]32C)O1. The standard InChI is InChI=1S/C53H86O22/c1-8-66-31(15-21(2)20-67-48-41(62)40(61)37(58)32(18-54)72-48)45-22(3)34-30(71-45)17-29-27-10-9-25-16-26(11-13-52(25,6)28(27)12-14-53(29,34)7)70-51-47(75-50-43(64)39(60)36(57)24(5)69-50)44(65)46(33(19-55)73-51)74-49-42(63)38(59)35(56)23(4)68-49/h9,21,23-24,26-44,46-51,54-65H,8,10-20H2,1-7H3/t21-,23+,24+,26+,27?,28?,29?,30?,31-,32-,33-,34?,35+,36+,37-,38-,39-,40+,41-,42-,43-,44+,46-,47-,48-,49+,50+,51-,52+,53+/m1/s1. The van der Waals surface area contributed by atoms with Gasteiger partial charge in [0.1, 0.15) is 103 Å². The molecule has 4 saturated heterocycles. The molecule has 0 aromatic carbocycles. The quantitative estimate of drug-likeness (QED) is 0.0824. The highest BCUT2D eigenvalue weighted by Crippen LogP contribution is 2.69. The predicted molar refractivity (Wildman–Crippen MR) is 258 cm³/mol. The molecule has 4 aliphatic carbocycles. The molecule has 0 aromatic heterocycles. The maximum Gasteiger partial charge on any atom is 0.187 e. The molecule has 9 aliphatic rings. The number of hydrogen-bond acceptors (Lipinski definition) is 22. The first kappa shape index (κ1) is 58.1. The summed E-state index contributed by atoms with van der Waals surface area (Å²) in [4.78, 5) is 0. The molecule has 430 valence electrons. The number of fused-ring (bicyclic) bond motifs is 7. The number of rotatable bonds is 16. The fourth-order valence-corrected chi connectivity index (χ4v) is 14.9. The maximum atomic E-state index is 12.1. The van der Waals surface area contributed by atoms with Gasteiger partial charge in [0, 0.05) is 12.5 Å². The molecule has 0 radical (unpaired) electrons. The highest BCUT2D eigenvalue weighted by molar-refractivity contribution is 5.31. The maximum absolute atomic E-state index is 12.1. The van der Waals surface area contributed by atoms with Crippen molar-refractivity contribution in [3.8, 4) is 0 Å². The van der Waals surface area contributed by atoms with E-state index in [0.717, 1.165) is 37.9 Å². The molecule has 0 amide bonds. The third-order valence-electron chi connectivity index (χ3n) is 19.2. The second kappa shape index (κ2) is 23.1. The minimum Gasteiger partial charge on any atom is -0.491 e. The fourth-order valence-electron chi connectivity index (χ4n) is 14.9. The third kappa shape index (κ3) is 10.7. The summed E-state index contributed by atoms with van der Waals surface area (Å²) in [6, 6.07) is 0. The van der Waals surface area contributed by atoms with Crippen molar-refractivity contribution in [2.75, 3.05) is 26.4 Å². The minimum absolute atomic E-state index is 0.00464. The zero-order valence-electron chi connectivity index (χ0n) is 44.2. The van der Waals surface area contributed by atoms with Gasteiger partial charge in [0.05, 0.1) is 38.1 Å². The van der Waals surface area contributed by atoms with Crippen LogP contribution in [0.1, 0.15) is 99.8 Å². The smallest absolute Gasteiger partial charge is 0.187 e. The molecule has 0 aromatic rings. The van der Waals surface area contributed by atoms with E-state index in [1.54, 1.807) is 0 Å². The molecule has 22 heteroatoms. The Morgan fingerprint density at radius 1 is 0.667 bits per heavy atom. The van der Waals surface area contributed by atoms with Crippen molar-refractivity contribution in [3.05, 3.63) is 23.0 Å². The Bertz CT molecular complexity index is 1990. The predicted octanol–water partition coefficient (Wildman–Crippen LogP) is -1.02. The van der Waals surface area contributed by atoms with Gasteiger partial charge in [0.25, 0.3) is 0 Å². The van der Waals surface area contributed by atoms with Crippen molar-refractivity contribution in [1.29, 1.82) is 0 Å². The molecule has 0 bridgehead atoms. The largest absolute Gasteiger partial charge is 0.491 e. The van der Waals surface area contributed by atoms with Crippen LogP contribution in [0, 0.1) is 40.4 Å². The Balaban J connectivity index is 0.871. The summed E-state index contributed by atoms with van der Waals surface area (Å²) in [6.45, 7) is 13.4. The highest BCUT2D eigenvalue weighted by atomic mass is 16.8. The number of hydrogen-bond donors (Lipinski definition) is 12. The molecule has 75 heavy (non-hydrogen) atoms. The van der Waals surface area contributed by atoms with Gasteiger partial charge in [-0.1, -0.05) is 32.4 Å². The van der Waals surface area contributed by atoms with Crippen LogP contribution in [0.5, 0.6) is 0 Å². The van der Waals surface area contributed by atoms with Gasteiger partial charge in [-0.3, -0.25) is 0 Å². The molecule has 12 N–H and O–H groups in total. The van der Waals surface area contributed by atoms with E-state index in [4.69, 9.17) is 47.4 Å². The van der Waals surface area contributed by atoms with Crippen LogP contribution in [0.15, 0.2) is 23.0 Å². The molecule has 7 fully saturated rings. The summed E-state index contributed by atoms with van der Waals surface area (Å²) in [5, 5.41) is 127. The van der Waals surface area contributed by atoms with Crippen LogP contribution in [-0.4, -0.2) is 229 Å². The van der Waals surface area contributed by atoms with E-state index in [9.17, 15) is 61.3 Å². The Kier molecular flexibility index (Phi) is 17.9. The van der Waals surface area contributed by atoms with Crippen LogP contribution >= 0.6 is 0 Å². The third-order valence-corrected chi connectivity index (χ3v) is 19.2. The summed E-state index contributed by atoms with van der Waals surface area (Å²) in [6.07, 6.45) is -20.7. The summed E-state index contributed by atoms with van der Waals surface area (Å²) in [5.74, 6) is 2.28. The second-order valence-electron chi connectivity index (χ2n) is 23.8. The van der Waals surface area contributed by atoms with Crippen LogP contribution in [0.25, 0.3) is 0 Å². The summed E-state index contributed by atoms with van der Waals surface area (Å²) in [5.41, 5.74) is 2.38. The number of aliphatic hydroxyl groups is 12. The van der Waals surface area contributed by atoms with E-state index in [0.29, 0.717) is 43.6 Å². The van der Waals surface area contributed by atoms with E-state index < -0.39 is 142 Å². The average molecular weight is 1080 g/mol. The molecule has 9 rings (SSSR count). The monoisotopic (exact) mass is 1070 g/mol. The zero-order chi connectivity index (χ0) is 54.2. The van der Waals surface area contributed by atoms with Crippen LogP contribution in [0.2, 0.25) is 0 Å². The molecule has 0 spiro atoms. The normalized spacial score (nSPS) is 51.7. The van der Waals surface area contributed by atoms with Gasteiger partial charge < -0.3 is 109 Å². The van der Waals surface area contributed by atoms with Gasteiger partial charge in [-0.2, -0.15) is 0 Å². The van der Waals surface area contributed by atoms with Crippen molar-refractivity contribution in [1.82, 2.24) is 0 Å². The van der Waals surface area contributed by atoms with E-state index >= 15 is 0 Å². The Hall–Kier alpha value is -1.56. The summed E-state index contributed by atoms with van der Waals surface area (Å²) < 4.78 is 61.5. The topological polar surface area (TPSA) is 335 Å². The van der Waals surface area contributed by atoms with Gasteiger partial charge in [-0.25, -0.2) is 0 Å². The lowest BCUT2D eigenvalue weighted by molar-refractivity contribution is -0.388. The molecule has 22 nitrogen and oxygen atoms in total. The van der Waals surface area contributed by atoms with E-state index in [1.807, 2.05) is 13.8 Å². The first-order chi connectivity index (χ1) is 35.6. The molecule has 3 saturated carbocycles. The van der Waals surface area contributed by atoms with Gasteiger partial charge >= 0.3 is 0 Å². The molecular formula is C53H86O22. The fraction of sp³-hybridized carbons (Fsp3) is 0.925. The number of aliphatic hydroxyl groups excluding tert-OH is 12. The van der Waals surface area contributed by atoms with Gasteiger partial charge in [0.15, 0.2) is 25.2 Å². The van der Waals surface area contributed by atoms with Crippen molar-refractivity contribution < 1.29 is 109 Å². The lowest BCUT2D eigenvalue weighted by Crippen LogP contribution is -2.66. The molecule has 5 unspecified atom stereocenters. The molecular weight excluding hydrogens is 989 g/mol.